The lowest BCUT2D eigenvalue weighted by Gasteiger charge is -2.27. The second-order valence-electron chi connectivity index (χ2n) is 6.29. The smallest absolute Gasteiger partial charge is 0.307 e. The predicted molar refractivity (Wildman–Crippen MR) is 101 cm³/mol. The van der Waals surface area contributed by atoms with Crippen LogP contribution in [0.3, 0.4) is 0 Å². The molecule has 1 aliphatic carbocycles. The first-order valence-electron chi connectivity index (χ1n) is 8.43. The average molecular weight is 409 g/mol. The number of hydrogen-bond donors (Lipinski definition) is 3. The molecule has 0 saturated heterocycles. The standard InChI is InChI=1S/C17H19N3O5S2/c21-15(13-3-1-2-4-14(13)16(22)23)19-11-5-7-12(8-6-11)27(24,25)20-17-18-9-10-26-17/h5-10,13-14H,1-4H2,(H,18,20)(H,19,21)(H,22,23)/t13-,14-/m1/s1. The number of hydrogen-bond acceptors (Lipinski definition) is 6. The highest BCUT2D eigenvalue weighted by molar-refractivity contribution is 7.93. The second-order valence-corrected chi connectivity index (χ2v) is 8.87. The fourth-order valence-corrected chi connectivity index (χ4v) is 4.93. The van der Waals surface area contributed by atoms with E-state index in [0.717, 1.165) is 12.8 Å². The highest BCUT2D eigenvalue weighted by Crippen LogP contribution is 2.31. The van der Waals surface area contributed by atoms with E-state index < -0.39 is 27.8 Å². The van der Waals surface area contributed by atoms with Crippen molar-refractivity contribution in [2.75, 3.05) is 10.0 Å². The van der Waals surface area contributed by atoms with Gasteiger partial charge in [-0.2, -0.15) is 0 Å². The van der Waals surface area contributed by atoms with Gasteiger partial charge in [-0.3, -0.25) is 14.3 Å². The van der Waals surface area contributed by atoms with Crippen LogP contribution in [0.4, 0.5) is 10.8 Å². The van der Waals surface area contributed by atoms with Gasteiger partial charge in [0.1, 0.15) is 0 Å². The van der Waals surface area contributed by atoms with Crippen LogP contribution in [0.15, 0.2) is 40.7 Å². The molecule has 2 atom stereocenters. The Kier molecular flexibility index (Phi) is 5.76. The predicted octanol–water partition coefficient (Wildman–Crippen LogP) is 2.77. The molecule has 1 fully saturated rings. The van der Waals surface area contributed by atoms with E-state index in [1.807, 2.05) is 0 Å². The molecule has 0 unspecified atom stereocenters. The van der Waals surface area contributed by atoms with E-state index in [4.69, 9.17) is 0 Å². The van der Waals surface area contributed by atoms with Crippen LogP contribution in [0.1, 0.15) is 25.7 Å². The summed E-state index contributed by atoms with van der Waals surface area (Å²) in [7, 11) is -3.76. The molecule has 0 aliphatic heterocycles. The molecule has 0 spiro atoms. The lowest BCUT2D eigenvalue weighted by Crippen LogP contribution is -2.36. The molecular formula is C17H19N3O5S2. The number of aromatic nitrogens is 1. The van der Waals surface area contributed by atoms with Crippen molar-refractivity contribution in [3.8, 4) is 0 Å². The van der Waals surface area contributed by atoms with Crippen molar-refractivity contribution in [3.63, 3.8) is 0 Å². The van der Waals surface area contributed by atoms with Crippen molar-refractivity contribution in [3.05, 3.63) is 35.8 Å². The van der Waals surface area contributed by atoms with Gasteiger partial charge in [0.05, 0.1) is 16.7 Å². The summed E-state index contributed by atoms with van der Waals surface area (Å²) < 4.78 is 27.0. The molecule has 1 amide bonds. The summed E-state index contributed by atoms with van der Waals surface area (Å²) in [5, 5.41) is 13.9. The lowest BCUT2D eigenvalue weighted by molar-refractivity contribution is -0.147. The average Bonchev–Trinajstić information content (AvgIpc) is 3.14. The molecule has 1 aromatic carbocycles. The van der Waals surface area contributed by atoms with Crippen LogP contribution >= 0.6 is 11.3 Å². The maximum Gasteiger partial charge on any atom is 0.307 e. The first kappa shape index (κ1) is 19.3. The number of nitrogens with zero attached hydrogens (tertiary/aromatic N) is 1. The van der Waals surface area contributed by atoms with E-state index in [2.05, 4.69) is 15.0 Å². The zero-order valence-electron chi connectivity index (χ0n) is 14.3. The summed E-state index contributed by atoms with van der Waals surface area (Å²) in [6.07, 6.45) is 4.15. The summed E-state index contributed by atoms with van der Waals surface area (Å²) in [6, 6.07) is 5.71. The van der Waals surface area contributed by atoms with Crippen LogP contribution in [-0.2, 0) is 19.6 Å². The Morgan fingerprint density at radius 2 is 1.78 bits per heavy atom. The number of thiazole rings is 1. The minimum Gasteiger partial charge on any atom is -0.481 e. The molecule has 8 nitrogen and oxygen atoms in total. The van der Waals surface area contributed by atoms with E-state index in [1.165, 1.54) is 41.8 Å². The zero-order valence-corrected chi connectivity index (χ0v) is 15.9. The number of amides is 1. The quantitative estimate of drug-likeness (QED) is 0.674. The van der Waals surface area contributed by atoms with Crippen molar-refractivity contribution in [2.45, 2.75) is 30.6 Å². The highest BCUT2D eigenvalue weighted by atomic mass is 32.2. The van der Waals surface area contributed by atoms with Crippen LogP contribution < -0.4 is 10.0 Å². The van der Waals surface area contributed by atoms with Gasteiger partial charge in [0, 0.05) is 17.3 Å². The van der Waals surface area contributed by atoms with E-state index in [0.29, 0.717) is 18.5 Å². The monoisotopic (exact) mass is 409 g/mol. The van der Waals surface area contributed by atoms with Crippen molar-refractivity contribution < 1.29 is 23.1 Å². The maximum absolute atomic E-state index is 12.5. The van der Waals surface area contributed by atoms with Crippen LogP contribution in [0.2, 0.25) is 0 Å². The van der Waals surface area contributed by atoms with Crippen LogP contribution in [0.5, 0.6) is 0 Å². The fraction of sp³-hybridized carbons (Fsp3) is 0.353. The second kappa shape index (κ2) is 8.05. The minimum atomic E-state index is -3.76. The van der Waals surface area contributed by atoms with Gasteiger partial charge in [-0.1, -0.05) is 12.8 Å². The Balaban J connectivity index is 1.68. The van der Waals surface area contributed by atoms with E-state index in [1.54, 1.807) is 5.38 Å². The largest absolute Gasteiger partial charge is 0.481 e. The molecule has 144 valence electrons. The maximum atomic E-state index is 12.5. The van der Waals surface area contributed by atoms with Crippen molar-refractivity contribution in [1.82, 2.24) is 4.98 Å². The molecule has 1 aliphatic rings. The van der Waals surface area contributed by atoms with E-state index in [9.17, 15) is 23.1 Å². The van der Waals surface area contributed by atoms with E-state index >= 15 is 0 Å². The van der Waals surface area contributed by atoms with Gasteiger partial charge < -0.3 is 10.4 Å². The summed E-state index contributed by atoms with van der Waals surface area (Å²) >= 11 is 1.17. The van der Waals surface area contributed by atoms with Crippen molar-refractivity contribution in [1.29, 1.82) is 0 Å². The normalized spacial score (nSPS) is 20.0. The molecule has 3 N–H and O–H groups in total. The molecule has 27 heavy (non-hydrogen) atoms. The molecule has 1 heterocycles. The number of carboxylic acids is 1. The molecule has 1 saturated carbocycles. The molecule has 3 rings (SSSR count). The Bertz CT molecular complexity index is 911. The number of carbonyl (C=O) groups is 2. The molecular weight excluding hydrogens is 390 g/mol. The van der Waals surface area contributed by atoms with Crippen LogP contribution in [0, 0.1) is 11.8 Å². The van der Waals surface area contributed by atoms with Crippen LogP contribution in [0.25, 0.3) is 0 Å². The van der Waals surface area contributed by atoms with Gasteiger partial charge in [-0.25, -0.2) is 13.4 Å². The van der Waals surface area contributed by atoms with Gasteiger partial charge in [0.2, 0.25) is 5.91 Å². The number of sulfonamides is 1. The molecule has 0 radical (unpaired) electrons. The third-order valence-corrected chi connectivity index (χ3v) is 6.68. The summed E-state index contributed by atoms with van der Waals surface area (Å²) in [6.45, 7) is 0. The lowest BCUT2D eigenvalue weighted by atomic mass is 9.78. The fourth-order valence-electron chi connectivity index (χ4n) is 3.14. The topological polar surface area (TPSA) is 125 Å². The van der Waals surface area contributed by atoms with Gasteiger partial charge in [-0.05, 0) is 37.1 Å². The number of aliphatic carboxylic acids is 1. The van der Waals surface area contributed by atoms with Gasteiger partial charge in [0.25, 0.3) is 10.0 Å². The Morgan fingerprint density at radius 3 is 2.37 bits per heavy atom. The first-order chi connectivity index (χ1) is 12.9. The third kappa shape index (κ3) is 4.64. The van der Waals surface area contributed by atoms with Crippen molar-refractivity contribution in [2.24, 2.45) is 11.8 Å². The summed E-state index contributed by atoms with van der Waals surface area (Å²) in [5.41, 5.74) is 0.419. The highest BCUT2D eigenvalue weighted by Gasteiger charge is 2.35. The summed E-state index contributed by atoms with van der Waals surface area (Å²) in [5.74, 6) is -2.56. The minimum absolute atomic E-state index is 0.0387. The third-order valence-electron chi connectivity index (χ3n) is 4.51. The van der Waals surface area contributed by atoms with Gasteiger partial charge in [0.15, 0.2) is 5.13 Å². The number of benzene rings is 1. The van der Waals surface area contributed by atoms with E-state index in [-0.39, 0.29) is 15.9 Å². The van der Waals surface area contributed by atoms with Crippen molar-refractivity contribution >= 4 is 44.1 Å². The molecule has 10 heteroatoms. The van der Waals surface area contributed by atoms with Gasteiger partial charge >= 0.3 is 5.97 Å². The number of nitrogens with one attached hydrogen (secondary N) is 2. The summed E-state index contributed by atoms with van der Waals surface area (Å²) in [4.78, 5) is 27.7. The number of anilines is 2. The number of carbonyl (C=O) groups excluding carboxylic acids is 1. The SMILES string of the molecule is O=C(O)[C@@H]1CCCC[C@H]1C(=O)Nc1ccc(S(=O)(=O)Nc2nccs2)cc1. The zero-order chi connectivity index (χ0) is 19.4. The van der Waals surface area contributed by atoms with Crippen LogP contribution in [-0.4, -0.2) is 30.4 Å². The molecule has 2 aromatic rings. The Hall–Kier alpha value is -2.46. The molecule has 1 aromatic heterocycles. The first-order valence-corrected chi connectivity index (χ1v) is 10.8. The van der Waals surface area contributed by atoms with Gasteiger partial charge in [-0.15, -0.1) is 11.3 Å². The number of rotatable bonds is 6. The molecule has 0 bridgehead atoms. The Morgan fingerprint density at radius 1 is 1.11 bits per heavy atom. The Labute approximate surface area is 160 Å². The number of carboxylic acid groups (broad SMARTS) is 1.